The van der Waals surface area contributed by atoms with Crippen molar-refractivity contribution in [1.29, 1.82) is 0 Å². The number of nitrogens with one attached hydrogen (secondary N) is 1. The third kappa shape index (κ3) is 4.99. The minimum absolute atomic E-state index is 0.0391. The Labute approximate surface area is 197 Å². The fourth-order valence-electron chi connectivity index (χ4n) is 5.69. The molecule has 0 spiro atoms. The van der Waals surface area contributed by atoms with Gasteiger partial charge in [0.1, 0.15) is 11.6 Å². The van der Waals surface area contributed by atoms with E-state index in [1.807, 2.05) is 6.07 Å². The van der Waals surface area contributed by atoms with Gasteiger partial charge in [0.2, 0.25) is 0 Å². The summed E-state index contributed by atoms with van der Waals surface area (Å²) >= 11 is 0. The van der Waals surface area contributed by atoms with Gasteiger partial charge in [0.25, 0.3) is 0 Å². The van der Waals surface area contributed by atoms with Gasteiger partial charge in [0.05, 0.1) is 16.6 Å². The summed E-state index contributed by atoms with van der Waals surface area (Å²) in [6, 6.07) is 9.35. The SMILES string of the molecule is Cc1ccc(C)c2[nH]c(CCCN(C)CC[C@@]3(O)CCc4cc(F)ccc4C3C(C)C)nc12. The first-order valence-corrected chi connectivity index (χ1v) is 12.3. The first kappa shape index (κ1) is 23.9. The van der Waals surface area contributed by atoms with Crippen LogP contribution < -0.4 is 0 Å². The van der Waals surface area contributed by atoms with Gasteiger partial charge in [-0.1, -0.05) is 32.0 Å². The molecule has 0 fully saturated rings. The lowest BCUT2D eigenvalue weighted by atomic mass is 9.66. The van der Waals surface area contributed by atoms with Crippen molar-refractivity contribution in [3.8, 4) is 0 Å². The lowest BCUT2D eigenvalue weighted by Gasteiger charge is -2.44. The van der Waals surface area contributed by atoms with E-state index in [0.717, 1.165) is 66.8 Å². The number of hydrogen-bond donors (Lipinski definition) is 2. The van der Waals surface area contributed by atoms with Gasteiger partial charge in [-0.25, -0.2) is 9.37 Å². The van der Waals surface area contributed by atoms with Crippen LogP contribution in [0.15, 0.2) is 30.3 Å². The number of halogens is 1. The standard InChI is InChI=1S/C28H38FN3O/c1-18(2)25-23-11-10-22(29)17-21(23)12-13-28(25,33)14-16-32(5)15-6-7-24-30-26-19(3)8-9-20(4)27(26)31-24/h8-11,17-18,25,33H,6-7,12-16H2,1-5H3,(H,30,31)/t25?,28-/m0/s1. The van der Waals surface area contributed by atoms with Crippen LogP contribution in [0.4, 0.5) is 4.39 Å². The van der Waals surface area contributed by atoms with E-state index >= 15 is 0 Å². The van der Waals surface area contributed by atoms with E-state index in [2.05, 4.69) is 56.8 Å². The molecule has 33 heavy (non-hydrogen) atoms. The summed E-state index contributed by atoms with van der Waals surface area (Å²) in [6.07, 6.45) is 4.09. The highest BCUT2D eigenvalue weighted by Gasteiger charge is 2.43. The smallest absolute Gasteiger partial charge is 0.123 e. The second-order valence-corrected chi connectivity index (χ2v) is 10.4. The Hall–Kier alpha value is -2.24. The molecule has 1 heterocycles. The van der Waals surface area contributed by atoms with Crippen LogP contribution in [0.3, 0.4) is 0 Å². The minimum atomic E-state index is -0.749. The van der Waals surface area contributed by atoms with Gasteiger partial charge in [0.15, 0.2) is 0 Å². The van der Waals surface area contributed by atoms with Crippen LogP contribution in [0.1, 0.15) is 67.1 Å². The van der Waals surface area contributed by atoms with Crippen molar-refractivity contribution in [3.05, 3.63) is 64.2 Å². The van der Waals surface area contributed by atoms with E-state index in [4.69, 9.17) is 4.98 Å². The summed E-state index contributed by atoms with van der Waals surface area (Å²) < 4.78 is 13.7. The molecule has 4 rings (SSSR count). The summed E-state index contributed by atoms with van der Waals surface area (Å²) in [6.45, 7) is 10.3. The molecule has 0 aliphatic heterocycles. The molecule has 1 aliphatic carbocycles. The number of aliphatic hydroxyl groups is 1. The van der Waals surface area contributed by atoms with E-state index in [9.17, 15) is 9.50 Å². The molecule has 0 amide bonds. The zero-order valence-corrected chi connectivity index (χ0v) is 20.7. The first-order chi connectivity index (χ1) is 15.7. The minimum Gasteiger partial charge on any atom is -0.389 e. The van der Waals surface area contributed by atoms with Crippen LogP contribution in [-0.4, -0.2) is 45.7 Å². The van der Waals surface area contributed by atoms with Gasteiger partial charge < -0.3 is 15.0 Å². The van der Waals surface area contributed by atoms with Crippen LogP contribution in [-0.2, 0) is 12.8 Å². The highest BCUT2D eigenvalue weighted by Crippen LogP contribution is 2.45. The van der Waals surface area contributed by atoms with Crippen molar-refractivity contribution >= 4 is 11.0 Å². The van der Waals surface area contributed by atoms with Crippen molar-refractivity contribution in [2.45, 2.75) is 71.3 Å². The molecule has 4 nitrogen and oxygen atoms in total. The predicted octanol–water partition coefficient (Wildman–Crippen LogP) is 5.69. The highest BCUT2D eigenvalue weighted by atomic mass is 19.1. The molecule has 0 saturated heterocycles. The van der Waals surface area contributed by atoms with Crippen molar-refractivity contribution < 1.29 is 9.50 Å². The topological polar surface area (TPSA) is 52.2 Å². The zero-order chi connectivity index (χ0) is 23.8. The number of hydrogen-bond acceptors (Lipinski definition) is 3. The molecule has 1 unspecified atom stereocenters. The molecule has 0 saturated carbocycles. The zero-order valence-electron chi connectivity index (χ0n) is 20.7. The highest BCUT2D eigenvalue weighted by molar-refractivity contribution is 5.81. The number of H-pyrrole nitrogens is 1. The number of rotatable bonds is 8. The van der Waals surface area contributed by atoms with Gasteiger partial charge in [-0.15, -0.1) is 0 Å². The van der Waals surface area contributed by atoms with Gasteiger partial charge in [-0.05, 0) is 93.4 Å². The average molecular weight is 452 g/mol. The van der Waals surface area contributed by atoms with Gasteiger partial charge in [0, 0.05) is 18.9 Å². The van der Waals surface area contributed by atoms with Crippen LogP contribution in [0, 0.1) is 25.6 Å². The molecule has 0 radical (unpaired) electrons. The molecule has 5 heteroatoms. The molecule has 2 atom stereocenters. The number of aryl methyl sites for hydroxylation is 4. The molecular weight excluding hydrogens is 413 g/mol. The lowest BCUT2D eigenvalue weighted by Crippen LogP contribution is -2.45. The van der Waals surface area contributed by atoms with Gasteiger partial charge in [-0.3, -0.25) is 0 Å². The molecule has 1 aliphatic rings. The van der Waals surface area contributed by atoms with Crippen molar-refractivity contribution in [2.75, 3.05) is 20.1 Å². The maximum absolute atomic E-state index is 13.7. The fraction of sp³-hybridized carbons (Fsp3) is 0.536. The normalized spacial score (nSPS) is 20.7. The van der Waals surface area contributed by atoms with Crippen LogP contribution >= 0.6 is 0 Å². The molecule has 178 valence electrons. The number of fused-ring (bicyclic) bond motifs is 2. The molecule has 2 N–H and O–H groups in total. The Balaban J connectivity index is 1.34. The largest absolute Gasteiger partial charge is 0.389 e. The van der Waals surface area contributed by atoms with E-state index < -0.39 is 5.60 Å². The van der Waals surface area contributed by atoms with E-state index in [0.29, 0.717) is 12.3 Å². The summed E-state index contributed by atoms with van der Waals surface area (Å²) in [7, 11) is 2.13. The van der Waals surface area contributed by atoms with Crippen LogP contribution in [0.5, 0.6) is 0 Å². The maximum Gasteiger partial charge on any atom is 0.123 e. The van der Waals surface area contributed by atoms with E-state index in [-0.39, 0.29) is 11.7 Å². The first-order valence-electron chi connectivity index (χ1n) is 12.3. The van der Waals surface area contributed by atoms with Gasteiger partial charge in [-0.2, -0.15) is 0 Å². The Kier molecular flexibility index (Phi) is 6.92. The van der Waals surface area contributed by atoms with Crippen molar-refractivity contribution in [3.63, 3.8) is 0 Å². The molecule has 2 aromatic carbocycles. The Morgan fingerprint density at radius 3 is 2.67 bits per heavy atom. The maximum atomic E-state index is 13.7. The summed E-state index contributed by atoms with van der Waals surface area (Å²) in [5.41, 5.74) is 6.11. The van der Waals surface area contributed by atoms with E-state index in [1.54, 1.807) is 6.07 Å². The van der Waals surface area contributed by atoms with Crippen molar-refractivity contribution in [2.24, 2.45) is 5.92 Å². The van der Waals surface area contributed by atoms with E-state index in [1.165, 1.54) is 17.2 Å². The number of aromatic nitrogens is 2. The Bertz CT molecular complexity index is 1080. The number of aromatic amines is 1. The second-order valence-electron chi connectivity index (χ2n) is 10.4. The molecule has 1 aromatic heterocycles. The molecule has 0 bridgehead atoms. The van der Waals surface area contributed by atoms with Crippen molar-refractivity contribution in [1.82, 2.24) is 14.9 Å². The average Bonchev–Trinajstić information content (AvgIpc) is 3.20. The Morgan fingerprint density at radius 2 is 1.94 bits per heavy atom. The summed E-state index contributed by atoms with van der Waals surface area (Å²) in [4.78, 5) is 10.6. The third-order valence-electron chi connectivity index (χ3n) is 7.50. The van der Waals surface area contributed by atoms with Gasteiger partial charge >= 0.3 is 0 Å². The number of imidazole rings is 1. The second kappa shape index (κ2) is 9.55. The Morgan fingerprint density at radius 1 is 1.18 bits per heavy atom. The fourth-order valence-corrected chi connectivity index (χ4v) is 5.69. The summed E-state index contributed by atoms with van der Waals surface area (Å²) in [5.74, 6) is 1.20. The lowest BCUT2D eigenvalue weighted by molar-refractivity contribution is -0.0301. The molecular formula is C28H38FN3O. The van der Waals surface area contributed by atoms with Crippen LogP contribution in [0.25, 0.3) is 11.0 Å². The van der Waals surface area contributed by atoms with Crippen LogP contribution in [0.2, 0.25) is 0 Å². The number of benzene rings is 2. The number of nitrogens with zero attached hydrogens (tertiary/aromatic N) is 2. The predicted molar refractivity (Wildman–Crippen MR) is 133 cm³/mol. The monoisotopic (exact) mass is 451 g/mol. The molecule has 3 aromatic rings. The quantitative estimate of drug-likeness (QED) is 0.463. The third-order valence-corrected chi connectivity index (χ3v) is 7.50. The summed E-state index contributed by atoms with van der Waals surface area (Å²) in [5, 5.41) is 11.7.